The Kier molecular flexibility index (Phi) is 6.56. The van der Waals surface area contributed by atoms with Gasteiger partial charge in [-0.15, -0.1) is 0 Å². The lowest BCUT2D eigenvalue weighted by Crippen LogP contribution is -2.16. The molecule has 2 aliphatic rings. The van der Waals surface area contributed by atoms with Crippen LogP contribution in [0.1, 0.15) is 25.0 Å². The lowest BCUT2D eigenvalue weighted by Gasteiger charge is -2.29. The van der Waals surface area contributed by atoms with Gasteiger partial charge in [0.05, 0.1) is 5.69 Å². The van der Waals surface area contributed by atoms with Gasteiger partial charge < -0.3 is 9.64 Å². The molecule has 0 spiro atoms. The van der Waals surface area contributed by atoms with Crippen molar-refractivity contribution in [2.75, 3.05) is 4.90 Å². The third-order valence-electron chi connectivity index (χ3n) is 10.9. The summed E-state index contributed by atoms with van der Waals surface area (Å²) in [6, 6.07) is 63.4. The molecular weight excluding hydrogens is 619 g/mol. The lowest BCUT2D eigenvalue weighted by molar-refractivity contribution is 0.487. The highest BCUT2D eigenvalue weighted by Crippen LogP contribution is 2.54. The minimum atomic E-state index is -0.0705. The molecule has 1 aliphatic carbocycles. The van der Waals surface area contributed by atoms with E-state index >= 15 is 0 Å². The fourth-order valence-electron chi connectivity index (χ4n) is 8.41. The number of rotatable bonds is 5. The molecule has 242 valence electrons. The van der Waals surface area contributed by atoms with Gasteiger partial charge in [0.15, 0.2) is 0 Å². The quantitative estimate of drug-likeness (QED) is 0.183. The molecule has 2 nitrogen and oxygen atoms in total. The van der Waals surface area contributed by atoms with Gasteiger partial charge in [0, 0.05) is 33.3 Å². The van der Waals surface area contributed by atoms with Crippen LogP contribution in [-0.2, 0) is 5.41 Å². The van der Waals surface area contributed by atoms with Crippen LogP contribution in [0.15, 0.2) is 176 Å². The zero-order valence-electron chi connectivity index (χ0n) is 28.6. The Morgan fingerprint density at radius 2 is 1.08 bits per heavy atom. The molecule has 0 saturated carbocycles. The van der Waals surface area contributed by atoms with Crippen LogP contribution in [0, 0.1) is 0 Å². The number of hydrogen-bond acceptors (Lipinski definition) is 2. The second-order valence-electron chi connectivity index (χ2n) is 14.1. The molecule has 0 fully saturated rings. The Morgan fingerprint density at radius 3 is 1.90 bits per heavy atom. The van der Waals surface area contributed by atoms with Crippen molar-refractivity contribution in [2.45, 2.75) is 19.3 Å². The molecule has 8 aromatic rings. The van der Waals surface area contributed by atoms with E-state index < -0.39 is 0 Å². The zero-order chi connectivity index (χ0) is 34.1. The second-order valence-corrected chi connectivity index (χ2v) is 14.1. The van der Waals surface area contributed by atoms with E-state index in [4.69, 9.17) is 4.74 Å². The van der Waals surface area contributed by atoms with Crippen molar-refractivity contribution in [3.63, 3.8) is 0 Å². The van der Waals surface area contributed by atoms with E-state index in [1.807, 2.05) is 0 Å². The number of benzene rings is 8. The molecule has 2 heteroatoms. The molecule has 1 aliphatic heterocycles. The summed E-state index contributed by atoms with van der Waals surface area (Å²) in [5.74, 6) is 1.79. The summed E-state index contributed by atoms with van der Waals surface area (Å²) in [6.07, 6.45) is 0. The van der Waals surface area contributed by atoms with E-state index in [0.717, 1.165) is 39.6 Å². The van der Waals surface area contributed by atoms with E-state index in [2.05, 4.69) is 195 Å². The van der Waals surface area contributed by atoms with E-state index in [0.29, 0.717) is 0 Å². The first kappa shape index (κ1) is 29.5. The van der Waals surface area contributed by atoms with Crippen molar-refractivity contribution in [1.29, 1.82) is 0 Å². The zero-order valence-corrected chi connectivity index (χ0v) is 28.6. The summed E-state index contributed by atoms with van der Waals surface area (Å²) in [5, 5.41) is 2.38. The van der Waals surface area contributed by atoms with Crippen LogP contribution in [0.4, 0.5) is 17.1 Å². The number of anilines is 3. The molecule has 8 aromatic carbocycles. The van der Waals surface area contributed by atoms with E-state index in [-0.39, 0.29) is 5.41 Å². The first-order valence-electron chi connectivity index (χ1n) is 17.7. The van der Waals surface area contributed by atoms with Crippen molar-refractivity contribution in [1.82, 2.24) is 0 Å². The largest absolute Gasteiger partial charge is 0.456 e. The highest BCUT2D eigenvalue weighted by atomic mass is 16.5. The molecule has 0 aromatic heterocycles. The third-order valence-corrected chi connectivity index (χ3v) is 10.9. The van der Waals surface area contributed by atoms with Gasteiger partial charge in [0.2, 0.25) is 0 Å². The molecule has 0 saturated heterocycles. The number of nitrogens with zero attached hydrogens (tertiary/aromatic N) is 1. The summed E-state index contributed by atoms with van der Waals surface area (Å²) in [4.78, 5) is 2.40. The summed E-state index contributed by atoms with van der Waals surface area (Å²) in [5.41, 5.74) is 15.8. The third kappa shape index (κ3) is 4.57. The molecule has 10 rings (SSSR count). The number of para-hydroxylation sites is 1. The van der Waals surface area contributed by atoms with Crippen LogP contribution in [-0.4, -0.2) is 0 Å². The Labute approximate surface area is 298 Å². The van der Waals surface area contributed by atoms with Gasteiger partial charge in [0.1, 0.15) is 11.5 Å². The number of hydrogen-bond donors (Lipinski definition) is 0. The topological polar surface area (TPSA) is 12.5 Å². The number of fused-ring (bicyclic) bond motifs is 5. The molecule has 0 bridgehead atoms. The Balaban J connectivity index is 1.04. The number of ether oxygens (including phenoxy) is 1. The Bertz CT molecular complexity index is 2620. The first-order chi connectivity index (χ1) is 25.1. The molecular formula is C49H35NO. The standard InChI is InChI=1S/C49H35NO/c1-49(2)42-20-10-9-17-41(42)48-43(49)21-12-22-44(48)50(35-15-7-4-8-16-35)36-26-23-32(24-27-36)34-25-28-38-40-19-11-18-39-37(33-13-5-3-6-14-33)29-30-45(47(39)40)51-46(38)31-34/h3-31H,1-2H3. The van der Waals surface area contributed by atoms with Gasteiger partial charge in [0.25, 0.3) is 0 Å². The average molecular weight is 654 g/mol. The van der Waals surface area contributed by atoms with E-state index in [1.54, 1.807) is 0 Å². The first-order valence-corrected chi connectivity index (χ1v) is 17.7. The average Bonchev–Trinajstić information content (AvgIpc) is 3.42. The molecule has 1 heterocycles. The van der Waals surface area contributed by atoms with Gasteiger partial charge in [-0.3, -0.25) is 0 Å². The highest BCUT2D eigenvalue weighted by molar-refractivity contribution is 6.10. The van der Waals surface area contributed by atoms with E-state index in [1.165, 1.54) is 55.4 Å². The maximum atomic E-state index is 6.66. The maximum absolute atomic E-state index is 6.66. The van der Waals surface area contributed by atoms with Gasteiger partial charge in [-0.1, -0.05) is 141 Å². The summed E-state index contributed by atoms with van der Waals surface area (Å²) in [7, 11) is 0. The van der Waals surface area contributed by atoms with Crippen LogP contribution in [0.3, 0.4) is 0 Å². The summed E-state index contributed by atoms with van der Waals surface area (Å²) in [6.45, 7) is 4.68. The molecule has 0 atom stereocenters. The van der Waals surface area contributed by atoms with Crippen LogP contribution in [0.25, 0.3) is 55.3 Å². The van der Waals surface area contributed by atoms with Gasteiger partial charge >= 0.3 is 0 Å². The van der Waals surface area contributed by atoms with Gasteiger partial charge in [-0.2, -0.15) is 0 Å². The van der Waals surface area contributed by atoms with Crippen molar-refractivity contribution in [3.05, 3.63) is 187 Å². The minimum Gasteiger partial charge on any atom is -0.456 e. The van der Waals surface area contributed by atoms with Crippen LogP contribution in [0.5, 0.6) is 11.5 Å². The minimum absolute atomic E-state index is 0.0705. The molecule has 0 N–H and O–H groups in total. The fraction of sp³-hybridized carbons (Fsp3) is 0.0612. The normalized spacial score (nSPS) is 13.2. The SMILES string of the molecule is CC1(C)c2ccccc2-c2c(N(c3ccccc3)c3ccc(-c4ccc5c(c4)Oc4ccc(-c6ccccc6)c6cccc-5c46)cc3)cccc21. The van der Waals surface area contributed by atoms with Gasteiger partial charge in [-0.25, -0.2) is 0 Å². The molecule has 0 radical (unpaired) electrons. The predicted octanol–water partition coefficient (Wildman–Crippen LogP) is 13.7. The summed E-state index contributed by atoms with van der Waals surface area (Å²) < 4.78 is 6.66. The second kappa shape index (κ2) is 11.3. The Morgan fingerprint density at radius 1 is 0.431 bits per heavy atom. The fourth-order valence-corrected chi connectivity index (χ4v) is 8.41. The Hall–Kier alpha value is -6.38. The summed E-state index contributed by atoms with van der Waals surface area (Å²) >= 11 is 0. The van der Waals surface area contributed by atoms with Crippen LogP contribution in [0.2, 0.25) is 0 Å². The van der Waals surface area contributed by atoms with Crippen molar-refractivity contribution in [3.8, 4) is 56.0 Å². The van der Waals surface area contributed by atoms with Crippen molar-refractivity contribution >= 4 is 27.8 Å². The highest BCUT2D eigenvalue weighted by Gasteiger charge is 2.37. The van der Waals surface area contributed by atoms with Crippen molar-refractivity contribution in [2.24, 2.45) is 0 Å². The van der Waals surface area contributed by atoms with E-state index in [9.17, 15) is 0 Å². The molecule has 0 unspecified atom stereocenters. The van der Waals surface area contributed by atoms with Crippen LogP contribution >= 0.6 is 0 Å². The van der Waals surface area contributed by atoms with Gasteiger partial charge in [-0.05, 0) is 98.4 Å². The van der Waals surface area contributed by atoms with Crippen LogP contribution < -0.4 is 9.64 Å². The molecule has 0 amide bonds. The smallest absolute Gasteiger partial charge is 0.135 e. The molecule has 51 heavy (non-hydrogen) atoms. The predicted molar refractivity (Wildman–Crippen MR) is 213 cm³/mol. The maximum Gasteiger partial charge on any atom is 0.135 e. The van der Waals surface area contributed by atoms with Crippen molar-refractivity contribution < 1.29 is 4.74 Å². The monoisotopic (exact) mass is 653 g/mol. The lowest BCUT2D eigenvalue weighted by atomic mass is 9.82.